The average molecular weight is 308 g/mol. The number of nitrogens with two attached hydrogens (primary N) is 1. The summed E-state index contributed by atoms with van der Waals surface area (Å²) in [5, 5.41) is 2.08. The molecule has 0 radical (unpaired) electrons. The second-order valence-corrected chi connectivity index (χ2v) is 6.85. The molecule has 2 aromatic heterocycles. The summed E-state index contributed by atoms with van der Waals surface area (Å²) < 4.78 is 8.03. The van der Waals surface area contributed by atoms with Gasteiger partial charge in [0, 0.05) is 37.1 Å². The molecule has 0 aliphatic carbocycles. The van der Waals surface area contributed by atoms with Crippen LogP contribution in [-0.4, -0.2) is 40.7 Å². The van der Waals surface area contributed by atoms with Crippen LogP contribution in [0.15, 0.2) is 11.6 Å². The Morgan fingerprint density at radius 3 is 2.81 bits per heavy atom. The topological polar surface area (TPSA) is 55.8 Å². The minimum Gasteiger partial charge on any atom is -0.372 e. The van der Waals surface area contributed by atoms with E-state index in [1.807, 2.05) is 0 Å². The molecule has 5 nitrogen and oxygen atoms in total. The predicted octanol–water partition coefficient (Wildman–Crippen LogP) is 2.29. The van der Waals surface area contributed by atoms with Gasteiger partial charge in [0.15, 0.2) is 10.8 Å². The van der Waals surface area contributed by atoms with Crippen molar-refractivity contribution in [1.82, 2.24) is 9.38 Å². The van der Waals surface area contributed by atoms with Crippen LogP contribution < -0.4 is 10.6 Å². The smallest absolute Gasteiger partial charge is 0.195 e. The number of thiazole rings is 1. The molecule has 21 heavy (non-hydrogen) atoms. The zero-order chi connectivity index (χ0) is 15.0. The molecular formula is C15H24N4OS. The molecular weight excluding hydrogens is 284 g/mol. The van der Waals surface area contributed by atoms with Crippen molar-refractivity contribution in [2.45, 2.75) is 51.9 Å². The number of hydrogen-bond acceptors (Lipinski definition) is 5. The highest BCUT2D eigenvalue weighted by Crippen LogP contribution is 2.28. The molecule has 3 unspecified atom stereocenters. The monoisotopic (exact) mass is 308 g/mol. The molecule has 0 amide bonds. The minimum atomic E-state index is 0.180. The highest BCUT2D eigenvalue weighted by Gasteiger charge is 2.27. The van der Waals surface area contributed by atoms with Gasteiger partial charge in [0.2, 0.25) is 0 Å². The molecule has 0 spiro atoms. The molecule has 2 aromatic rings. The number of rotatable bonds is 4. The molecule has 0 aromatic carbocycles. The summed E-state index contributed by atoms with van der Waals surface area (Å²) >= 11 is 1.68. The Morgan fingerprint density at radius 2 is 2.14 bits per heavy atom. The molecule has 116 valence electrons. The predicted molar refractivity (Wildman–Crippen MR) is 87.3 cm³/mol. The second kappa shape index (κ2) is 5.94. The maximum Gasteiger partial charge on any atom is 0.195 e. The number of ether oxygens (including phenoxy) is 1. The van der Waals surface area contributed by atoms with Gasteiger partial charge in [-0.15, -0.1) is 11.3 Å². The zero-order valence-electron chi connectivity index (χ0n) is 13.0. The molecule has 1 aliphatic heterocycles. The van der Waals surface area contributed by atoms with Crippen LogP contribution in [0.25, 0.3) is 4.96 Å². The minimum absolute atomic E-state index is 0.180. The van der Waals surface area contributed by atoms with E-state index in [4.69, 9.17) is 15.5 Å². The van der Waals surface area contributed by atoms with Crippen molar-refractivity contribution < 1.29 is 4.74 Å². The summed E-state index contributed by atoms with van der Waals surface area (Å²) in [6.45, 7) is 8.17. The Kier molecular flexibility index (Phi) is 4.19. The van der Waals surface area contributed by atoms with Crippen LogP contribution in [0.3, 0.4) is 0 Å². The highest BCUT2D eigenvalue weighted by atomic mass is 32.1. The van der Waals surface area contributed by atoms with Gasteiger partial charge in [-0.05, 0) is 20.3 Å². The molecule has 3 heterocycles. The zero-order valence-corrected chi connectivity index (χ0v) is 13.8. The number of hydrogen-bond donors (Lipinski definition) is 1. The van der Waals surface area contributed by atoms with Crippen LogP contribution in [0.5, 0.6) is 0 Å². The number of fused-ring (bicyclic) bond motifs is 1. The lowest BCUT2D eigenvalue weighted by atomic mass is 10.1. The van der Waals surface area contributed by atoms with Crippen molar-refractivity contribution in [3.05, 3.63) is 17.3 Å². The molecule has 6 heteroatoms. The van der Waals surface area contributed by atoms with Gasteiger partial charge >= 0.3 is 0 Å². The van der Waals surface area contributed by atoms with E-state index in [0.29, 0.717) is 0 Å². The van der Waals surface area contributed by atoms with Crippen LogP contribution in [0.2, 0.25) is 0 Å². The van der Waals surface area contributed by atoms with Gasteiger partial charge in [0.05, 0.1) is 17.9 Å². The molecule has 3 rings (SSSR count). The fourth-order valence-corrected chi connectivity index (χ4v) is 3.74. The lowest BCUT2D eigenvalue weighted by Gasteiger charge is -2.36. The van der Waals surface area contributed by atoms with Crippen LogP contribution in [0, 0.1) is 0 Å². The molecule has 1 fully saturated rings. The van der Waals surface area contributed by atoms with Crippen molar-refractivity contribution in [3.8, 4) is 0 Å². The maximum absolute atomic E-state index is 6.20. The third kappa shape index (κ3) is 2.93. The first-order valence-corrected chi connectivity index (χ1v) is 8.56. The number of anilines is 1. The molecule has 0 saturated carbocycles. The maximum atomic E-state index is 6.20. The fraction of sp³-hybridized carbons (Fsp3) is 0.667. The van der Waals surface area contributed by atoms with Crippen molar-refractivity contribution in [2.75, 3.05) is 18.0 Å². The average Bonchev–Trinajstić information content (AvgIpc) is 3.00. The van der Waals surface area contributed by atoms with Gasteiger partial charge in [-0.3, -0.25) is 4.40 Å². The Balaban J connectivity index is 1.96. The van der Waals surface area contributed by atoms with E-state index in [1.54, 1.807) is 11.3 Å². The Hall–Kier alpha value is -1.11. The van der Waals surface area contributed by atoms with E-state index in [2.05, 4.69) is 41.6 Å². The number of imidazole rings is 1. The summed E-state index contributed by atoms with van der Waals surface area (Å²) in [5.41, 5.74) is 7.43. The lowest BCUT2D eigenvalue weighted by molar-refractivity contribution is -0.00548. The summed E-state index contributed by atoms with van der Waals surface area (Å²) in [7, 11) is 0. The molecule has 3 atom stereocenters. The van der Waals surface area contributed by atoms with E-state index in [1.165, 1.54) is 5.69 Å². The fourth-order valence-electron chi connectivity index (χ4n) is 3.01. The van der Waals surface area contributed by atoms with E-state index in [-0.39, 0.29) is 18.2 Å². The third-order valence-electron chi connectivity index (χ3n) is 4.04. The van der Waals surface area contributed by atoms with Gasteiger partial charge in [0.1, 0.15) is 0 Å². The van der Waals surface area contributed by atoms with Gasteiger partial charge in [0.25, 0.3) is 0 Å². The Labute approximate surface area is 129 Å². The van der Waals surface area contributed by atoms with Gasteiger partial charge < -0.3 is 15.4 Å². The summed E-state index contributed by atoms with van der Waals surface area (Å²) in [5.74, 6) is 1.09. The largest absolute Gasteiger partial charge is 0.372 e. The van der Waals surface area contributed by atoms with Gasteiger partial charge in [-0.25, -0.2) is 4.98 Å². The molecule has 2 N–H and O–H groups in total. The van der Waals surface area contributed by atoms with E-state index >= 15 is 0 Å². The normalized spacial score (nSPS) is 24.7. The molecule has 1 saturated heterocycles. The Morgan fingerprint density at radius 1 is 1.43 bits per heavy atom. The Bertz CT molecular complexity index is 598. The third-order valence-corrected chi connectivity index (χ3v) is 4.80. The summed E-state index contributed by atoms with van der Waals surface area (Å²) in [4.78, 5) is 8.26. The molecule has 0 bridgehead atoms. The summed E-state index contributed by atoms with van der Waals surface area (Å²) in [6.07, 6.45) is 4.42. The van der Waals surface area contributed by atoms with E-state index < -0.39 is 0 Å². The number of morpholine rings is 1. The first-order valence-electron chi connectivity index (χ1n) is 7.68. The standard InChI is InChI=1S/C15H24N4OS/c1-4-12(16)7-13-14(17-15-19(13)5-6-21-15)18-8-10(2)20-11(3)9-18/h5-6,10-12H,4,7-9,16H2,1-3H3. The van der Waals surface area contributed by atoms with Crippen LogP contribution in [0.4, 0.5) is 5.82 Å². The lowest BCUT2D eigenvalue weighted by Crippen LogP contribution is -2.46. The van der Waals surface area contributed by atoms with Crippen molar-refractivity contribution in [1.29, 1.82) is 0 Å². The van der Waals surface area contributed by atoms with Gasteiger partial charge in [-0.1, -0.05) is 6.92 Å². The SMILES string of the molecule is CCC(N)Cc1c(N2CC(C)OC(C)C2)nc2sccn12. The van der Waals surface area contributed by atoms with Crippen molar-refractivity contribution >= 4 is 22.1 Å². The van der Waals surface area contributed by atoms with E-state index in [0.717, 1.165) is 36.7 Å². The quantitative estimate of drug-likeness (QED) is 0.941. The van der Waals surface area contributed by atoms with Crippen molar-refractivity contribution in [3.63, 3.8) is 0 Å². The van der Waals surface area contributed by atoms with Crippen molar-refractivity contribution in [2.24, 2.45) is 5.73 Å². The molecule has 1 aliphatic rings. The first kappa shape index (κ1) is 14.8. The van der Waals surface area contributed by atoms with Crippen LogP contribution in [-0.2, 0) is 11.2 Å². The second-order valence-electron chi connectivity index (χ2n) is 5.97. The van der Waals surface area contributed by atoms with Crippen LogP contribution in [0.1, 0.15) is 32.9 Å². The first-order chi connectivity index (χ1) is 10.1. The van der Waals surface area contributed by atoms with Gasteiger partial charge in [-0.2, -0.15) is 0 Å². The summed E-state index contributed by atoms with van der Waals surface area (Å²) in [6, 6.07) is 0.180. The highest BCUT2D eigenvalue weighted by molar-refractivity contribution is 7.15. The van der Waals surface area contributed by atoms with E-state index in [9.17, 15) is 0 Å². The number of nitrogens with zero attached hydrogens (tertiary/aromatic N) is 3. The number of aromatic nitrogens is 2. The van der Waals surface area contributed by atoms with Crippen LogP contribution >= 0.6 is 11.3 Å².